The number of hydrogen-bond donors (Lipinski definition) is 2. The lowest BCUT2D eigenvalue weighted by Gasteiger charge is -1.93. The molecule has 0 fully saturated rings. The Bertz CT molecular complexity index is 167. The van der Waals surface area contributed by atoms with Crippen LogP contribution < -0.4 is 10.6 Å². The molecule has 0 heterocycles. The molecule has 5 heteroatoms. The zero-order chi connectivity index (χ0) is 7.98. The van der Waals surface area contributed by atoms with Gasteiger partial charge in [0, 0.05) is 13.1 Å². The predicted octanol–water partition coefficient (Wildman–Crippen LogP) is -0.441. The van der Waals surface area contributed by atoms with E-state index in [9.17, 15) is 9.59 Å². The molecule has 0 aromatic heterocycles. The molecule has 0 rings (SSSR count). The number of rotatable bonds is 3. The third-order valence-corrected chi connectivity index (χ3v) is 0.919. The fourth-order valence-corrected chi connectivity index (χ4v) is 0.429. The van der Waals surface area contributed by atoms with Crippen molar-refractivity contribution in [3.8, 4) is 0 Å². The Morgan fingerprint density at radius 1 is 1.60 bits per heavy atom. The Balaban J connectivity index is 3.88. The third kappa shape index (κ3) is 3.91. The maximum atomic E-state index is 10.5. The summed E-state index contributed by atoms with van der Waals surface area (Å²) in [7, 11) is 1.46. The van der Waals surface area contributed by atoms with Gasteiger partial charge in [-0.05, 0) is 0 Å². The topological polar surface area (TPSA) is 58.2 Å². The summed E-state index contributed by atoms with van der Waals surface area (Å²) in [6, 6.07) is 0. The highest BCUT2D eigenvalue weighted by Crippen LogP contribution is 1.91. The number of amides is 2. The summed E-state index contributed by atoms with van der Waals surface area (Å²) in [5.74, 6) is -0.362. The number of carbonyl (C=O) groups excluding carboxylic acids is 2. The summed E-state index contributed by atoms with van der Waals surface area (Å²) < 4.78 is 0. The van der Waals surface area contributed by atoms with Crippen LogP contribution in [0.25, 0.3) is 0 Å². The van der Waals surface area contributed by atoms with Gasteiger partial charge in [0.1, 0.15) is 5.16 Å². The summed E-state index contributed by atoms with van der Waals surface area (Å²) >= 11 is 5.31. The van der Waals surface area contributed by atoms with Gasteiger partial charge in [0.2, 0.25) is 12.3 Å². The molecular formula is C5H7ClN2O2. The first kappa shape index (κ1) is 8.97. The van der Waals surface area contributed by atoms with E-state index in [0.717, 1.165) is 6.08 Å². The first-order chi connectivity index (χ1) is 4.70. The van der Waals surface area contributed by atoms with Crippen LogP contribution in [-0.2, 0) is 9.59 Å². The normalized spacial score (nSPS) is 10.4. The van der Waals surface area contributed by atoms with Crippen LogP contribution in [-0.4, -0.2) is 19.4 Å². The molecule has 2 N–H and O–H groups in total. The Kier molecular flexibility index (Phi) is 4.32. The second-order valence-electron chi connectivity index (χ2n) is 1.37. The smallest absolute Gasteiger partial charge is 0.246 e. The van der Waals surface area contributed by atoms with Crippen molar-refractivity contribution in [3.63, 3.8) is 0 Å². The standard InChI is InChI=1S/C5H7ClN2O2/c1-7-5(10)2-4(6)8-3-9/h2-3H,1H3,(H,7,10)(H,8,9)/b4-2-. The molecular weight excluding hydrogens is 156 g/mol. The molecule has 10 heavy (non-hydrogen) atoms. The van der Waals surface area contributed by atoms with Crippen LogP contribution in [0, 0.1) is 0 Å². The van der Waals surface area contributed by atoms with Crippen LogP contribution in [0.1, 0.15) is 0 Å². The summed E-state index contributed by atoms with van der Waals surface area (Å²) in [6.07, 6.45) is 1.46. The fraction of sp³-hybridized carbons (Fsp3) is 0.200. The Hall–Kier alpha value is -1.03. The Labute approximate surface area is 63.2 Å². The Morgan fingerprint density at radius 3 is 2.60 bits per heavy atom. The third-order valence-electron chi connectivity index (χ3n) is 0.701. The number of carbonyl (C=O) groups is 2. The molecule has 0 bridgehead atoms. The highest BCUT2D eigenvalue weighted by Gasteiger charge is 1.93. The van der Waals surface area contributed by atoms with Crippen molar-refractivity contribution in [1.82, 2.24) is 10.6 Å². The number of hydrogen-bond acceptors (Lipinski definition) is 2. The molecule has 4 nitrogen and oxygen atoms in total. The Morgan fingerprint density at radius 2 is 2.20 bits per heavy atom. The van der Waals surface area contributed by atoms with Crippen molar-refractivity contribution in [2.75, 3.05) is 7.05 Å². The highest BCUT2D eigenvalue weighted by atomic mass is 35.5. The first-order valence-electron chi connectivity index (χ1n) is 2.49. The van der Waals surface area contributed by atoms with Gasteiger partial charge in [-0.1, -0.05) is 11.6 Å². The van der Waals surface area contributed by atoms with Crippen LogP contribution in [0.4, 0.5) is 0 Å². The molecule has 0 aliphatic rings. The van der Waals surface area contributed by atoms with Gasteiger partial charge in [-0.3, -0.25) is 9.59 Å². The summed E-state index contributed by atoms with van der Waals surface area (Å²) in [5, 5.41) is 4.39. The minimum absolute atomic E-state index is 0.00523. The van der Waals surface area contributed by atoms with E-state index < -0.39 is 0 Å². The summed E-state index contributed by atoms with van der Waals surface area (Å²) in [5.41, 5.74) is 0. The maximum Gasteiger partial charge on any atom is 0.246 e. The second kappa shape index (κ2) is 4.81. The van der Waals surface area contributed by atoms with E-state index in [1.165, 1.54) is 7.05 Å². The minimum atomic E-state index is -0.362. The van der Waals surface area contributed by atoms with Crippen molar-refractivity contribution in [2.24, 2.45) is 0 Å². The molecule has 0 aliphatic carbocycles. The monoisotopic (exact) mass is 162 g/mol. The summed E-state index contributed by atoms with van der Waals surface area (Å²) in [4.78, 5) is 20.2. The fourth-order valence-electron chi connectivity index (χ4n) is 0.285. The van der Waals surface area contributed by atoms with Crippen molar-refractivity contribution in [1.29, 1.82) is 0 Å². The van der Waals surface area contributed by atoms with Crippen LogP contribution in [0.15, 0.2) is 11.2 Å². The SMILES string of the molecule is CNC(=O)/C=C(/Cl)NC=O. The van der Waals surface area contributed by atoms with Gasteiger partial charge >= 0.3 is 0 Å². The molecule has 0 aliphatic heterocycles. The molecule has 0 unspecified atom stereocenters. The second-order valence-corrected chi connectivity index (χ2v) is 1.78. The van der Waals surface area contributed by atoms with Crippen LogP contribution in [0.3, 0.4) is 0 Å². The average molecular weight is 163 g/mol. The predicted molar refractivity (Wildman–Crippen MR) is 37.2 cm³/mol. The van der Waals surface area contributed by atoms with E-state index in [4.69, 9.17) is 11.6 Å². The lowest BCUT2D eigenvalue weighted by Crippen LogP contribution is -2.17. The van der Waals surface area contributed by atoms with Gasteiger partial charge in [-0.15, -0.1) is 0 Å². The molecule has 2 amide bonds. The molecule has 0 aromatic carbocycles. The average Bonchev–Trinajstić information content (AvgIpc) is 1.88. The molecule has 0 saturated carbocycles. The van der Waals surface area contributed by atoms with Gasteiger partial charge in [0.05, 0.1) is 0 Å². The van der Waals surface area contributed by atoms with E-state index in [2.05, 4.69) is 10.6 Å². The highest BCUT2D eigenvalue weighted by molar-refractivity contribution is 6.31. The van der Waals surface area contributed by atoms with E-state index >= 15 is 0 Å². The molecule has 0 saturated heterocycles. The van der Waals surface area contributed by atoms with E-state index in [1.54, 1.807) is 0 Å². The molecule has 56 valence electrons. The lowest BCUT2D eigenvalue weighted by molar-refractivity contribution is -0.116. The van der Waals surface area contributed by atoms with E-state index in [0.29, 0.717) is 6.41 Å². The molecule has 0 radical (unpaired) electrons. The van der Waals surface area contributed by atoms with E-state index in [-0.39, 0.29) is 11.1 Å². The first-order valence-corrected chi connectivity index (χ1v) is 2.87. The van der Waals surface area contributed by atoms with E-state index in [1.807, 2.05) is 0 Å². The van der Waals surface area contributed by atoms with Crippen molar-refractivity contribution in [2.45, 2.75) is 0 Å². The largest absolute Gasteiger partial charge is 0.356 e. The number of halogens is 1. The minimum Gasteiger partial charge on any atom is -0.356 e. The lowest BCUT2D eigenvalue weighted by atomic mass is 10.5. The van der Waals surface area contributed by atoms with Crippen molar-refractivity contribution in [3.05, 3.63) is 11.2 Å². The molecule has 0 aromatic rings. The maximum absolute atomic E-state index is 10.5. The van der Waals surface area contributed by atoms with Gasteiger partial charge < -0.3 is 10.6 Å². The molecule has 0 spiro atoms. The van der Waals surface area contributed by atoms with Crippen LogP contribution in [0.5, 0.6) is 0 Å². The van der Waals surface area contributed by atoms with Crippen molar-refractivity contribution >= 4 is 23.9 Å². The molecule has 0 atom stereocenters. The van der Waals surface area contributed by atoms with Gasteiger partial charge in [0.15, 0.2) is 0 Å². The van der Waals surface area contributed by atoms with Crippen LogP contribution in [0.2, 0.25) is 0 Å². The quantitative estimate of drug-likeness (QED) is 0.336. The zero-order valence-electron chi connectivity index (χ0n) is 5.35. The van der Waals surface area contributed by atoms with Crippen LogP contribution >= 0.6 is 11.6 Å². The number of nitrogens with one attached hydrogen (secondary N) is 2. The summed E-state index contributed by atoms with van der Waals surface area (Å²) in [6.45, 7) is 0. The van der Waals surface area contributed by atoms with Crippen molar-refractivity contribution < 1.29 is 9.59 Å². The van der Waals surface area contributed by atoms with Gasteiger partial charge in [-0.25, -0.2) is 0 Å². The zero-order valence-corrected chi connectivity index (χ0v) is 6.11. The number of likely N-dealkylation sites (N-methyl/N-ethyl adjacent to an activating group) is 1. The van der Waals surface area contributed by atoms with Gasteiger partial charge in [0.25, 0.3) is 0 Å². The van der Waals surface area contributed by atoms with Gasteiger partial charge in [-0.2, -0.15) is 0 Å².